The van der Waals surface area contributed by atoms with Crippen molar-refractivity contribution in [2.45, 2.75) is 362 Å². The Morgan fingerprint density at radius 1 is 0.444 bits per heavy atom. The zero-order chi connectivity index (χ0) is 67.4. The van der Waals surface area contributed by atoms with Gasteiger partial charge < -0.3 is 44.5 Å². The first-order valence-electron chi connectivity index (χ1n) is 36.9. The Kier molecular flexibility index (Phi) is 74.2. The molecule has 0 aliphatic carbocycles. The van der Waals surface area contributed by atoms with Crippen LogP contribution in [0.3, 0.4) is 0 Å². The van der Waals surface area contributed by atoms with E-state index in [0.29, 0.717) is 70.6 Å². The van der Waals surface area contributed by atoms with E-state index >= 15 is 0 Å². The first kappa shape index (κ1) is 92.8. The molecule has 5 N–H and O–H groups in total. The van der Waals surface area contributed by atoms with Crippen LogP contribution < -0.4 is 10.6 Å². The molecule has 0 aliphatic rings. The van der Waals surface area contributed by atoms with Gasteiger partial charge in [0.05, 0.1) is 77.1 Å². The fourth-order valence-electron chi connectivity index (χ4n) is 9.99. The van der Waals surface area contributed by atoms with Crippen molar-refractivity contribution in [1.82, 2.24) is 15.3 Å². The first-order valence-corrected chi connectivity index (χ1v) is 39.5. The molecule has 90 heavy (non-hydrogen) atoms. The third kappa shape index (κ3) is 65.3. The summed E-state index contributed by atoms with van der Waals surface area (Å²) >= 11 is 0. The van der Waals surface area contributed by atoms with Crippen molar-refractivity contribution in [2.24, 2.45) is 0 Å². The van der Waals surface area contributed by atoms with Crippen LogP contribution in [0.2, 0.25) is 0 Å². The molecule has 0 saturated heterocycles. The Labute approximate surface area is 556 Å². The topological polar surface area (TPSA) is 204 Å². The highest BCUT2D eigenvalue weighted by Crippen LogP contribution is 2.49. The van der Waals surface area contributed by atoms with Crippen molar-refractivity contribution < 1.29 is 61.6 Å². The minimum absolute atomic E-state index is 0.00399. The number of nitrogens with one attached hydrogen (secondary N) is 2. The van der Waals surface area contributed by atoms with Gasteiger partial charge in [0.1, 0.15) is 0 Å². The van der Waals surface area contributed by atoms with Crippen LogP contribution in [-0.4, -0.2) is 134 Å². The summed E-state index contributed by atoms with van der Waals surface area (Å²) in [5.41, 5.74) is 0. The van der Waals surface area contributed by atoms with Gasteiger partial charge in [-0.05, 0) is 79.1 Å². The van der Waals surface area contributed by atoms with Gasteiger partial charge in [-0.15, -0.1) is 13.2 Å². The highest BCUT2D eigenvalue weighted by atomic mass is 31.2. The molecule has 0 aliphatic heterocycles. The van der Waals surface area contributed by atoms with Crippen LogP contribution in [-0.2, 0) is 46.2 Å². The Bertz CT molecular complexity index is 1560. The molecule has 0 saturated carbocycles. The zero-order valence-electron chi connectivity index (χ0n) is 60.2. The van der Waals surface area contributed by atoms with Gasteiger partial charge in [0.15, 0.2) is 0 Å². The summed E-state index contributed by atoms with van der Waals surface area (Å²) in [6, 6.07) is -0.0239. The number of carbonyl (C=O) groups excluding carboxylic acids is 2. The monoisotopic (exact) mass is 1320 g/mol. The van der Waals surface area contributed by atoms with Gasteiger partial charge in [0, 0.05) is 38.1 Å². The third-order valence-corrected chi connectivity index (χ3v) is 18.8. The molecule has 6 atom stereocenters. The number of aliphatic hydroxyl groups is 3. The number of unbranched alkanes of at least 4 members (excludes halogenated alkanes) is 28. The van der Waals surface area contributed by atoms with Crippen LogP contribution in [0.15, 0.2) is 25.3 Å². The van der Waals surface area contributed by atoms with Gasteiger partial charge in [-0.3, -0.25) is 23.2 Å². The highest BCUT2D eigenvalue weighted by molar-refractivity contribution is 7.48. The van der Waals surface area contributed by atoms with Crippen molar-refractivity contribution in [2.75, 3.05) is 66.1 Å². The molecular weight excluding hydrogens is 1180 g/mol. The minimum Gasteiger partial charge on any atom is -0.394 e. The van der Waals surface area contributed by atoms with E-state index < -0.39 is 28.5 Å². The van der Waals surface area contributed by atoms with Crippen molar-refractivity contribution in [3.8, 4) is 0 Å². The summed E-state index contributed by atoms with van der Waals surface area (Å²) in [7, 11) is -4.74. The summed E-state index contributed by atoms with van der Waals surface area (Å²) in [4.78, 5) is 24.8. The van der Waals surface area contributed by atoms with Crippen molar-refractivity contribution in [3.63, 3.8) is 0 Å². The Morgan fingerprint density at radius 3 is 1.18 bits per heavy atom. The van der Waals surface area contributed by atoms with Gasteiger partial charge in [-0.25, -0.2) is 9.24 Å². The summed E-state index contributed by atoms with van der Waals surface area (Å²) in [6.45, 7) is 31.5. The smallest absolute Gasteiger partial charge is 0.394 e. The SMILES string of the molecule is C=CCOP(=O)(OCCC)OC[C@@H](COCC[C@H](O)CCCCCCC)NC(=O)CCCCCCCCCCCCC.C=CCOP(OCCC)N(C(C)C)C(C)C.CCCCCCCCCCCCCC(=O)N[C@@H](CO)COCC[C@H](O)CCCCCCC. The number of aliphatic hydroxyl groups excluding tert-OH is 3. The van der Waals surface area contributed by atoms with Gasteiger partial charge in [0.2, 0.25) is 11.8 Å². The average molecular weight is 1320 g/mol. The van der Waals surface area contributed by atoms with Crippen LogP contribution in [0.25, 0.3) is 0 Å². The van der Waals surface area contributed by atoms with Gasteiger partial charge in [-0.2, -0.15) is 0 Å². The maximum Gasteiger partial charge on any atom is 0.475 e. The van der Waals surface area contributed by atoms with Crippen LogP contribution in [0.1, 0.15) is 326 Å². The predicted molar refractivity (Wildman–Crippen MR) is 380 cm³/mol. The van der Waals surface area contributed by atoms with E-state index in [0.717, 1.165) is 77.2 Å². The number of hydrogen-bond acceptors (Lipinski definition) is 14. The zero-order valence-corrected chi connectivity index (χ0v) is 61.9. The standard InChI is InChI=1S/C33H66NO7P.C27H55NO4.C12H26NO2P/c1-5-9-11-13-14-15-16-17-18-20-22-24-33(36)34-31(30-41-42(37,39-26-7-3)40-27-8-4)29-38-28-25-32(35)23-21-19-12-10-6-2;1-3-5-7-9-10-11-12-13-14-16-18-20-27(31)28-25(23-29)24-32-22-21-26(30)19-17-15-8-6-4-2;1-7-9-14-16(15-10-8-2)13(11(3)4)12(5)6/h7,31-32,35H,3,5-6,8-30H2,1-2,4H3,(H,34,36);25-26,29-30H,3-24H2,1-2H3,(H,28,31);7,11-12H,1,8-10H2,2-6H3/t31-,32-,42?;25-,26+;/m10./s1. The quantitative estimate of drug-likeness (QED) is 0.0218. The molecule has 18 heteroatoms. The molecule has 0 rings (SSSR count). The number of amides is 2. The molecule has 0 radical (unpaired) electrons. The second-order valence-corrected chi connectivity index (χ2v) is 28.2. The normalized spacial score (nSPS) is 13.9. The molecular formula is C72H147N3O13P2. The molecule has 0 fully saturated rings. The predicted octanol–water partition coefficient (Wildman–Crippen LogP) is 19.3. The molecule has 0 heterocycles. The lowest BCUT2D eigenvalue weighted by molar-refractivity contribution is -0.123. The van der Waals surface area contributed by atoms with E-state index in [1.807, 2.05) is 6.92 Å². The van der Waals surface area contributed by atoms with E-state index in [1.54, 1.807) is 6.08 Å². The second-order valence-electron chi connectivity index (χ2n) is 25.1. The molecule has 0 aromatic heterocycles. The molecule has 0 spiro atoms. The van der Waals surface area contributed by atoms with Crippen molar-refractivity contribution in [3.05, 3.63) is 25.3 Å². The molecule has 2 amide bonds. The first-order chi connectivity index (χ1) is 43.6. The molecule has 0 aromatic carbocycles. The third-order valence-electron chi connectivity index (χ3n) is 15.3. The largest absolute Gasteiger partial charge is 0.475 e. The van der Waals surface area contributed by atoms with Gasteiger partial charge >= 0.3 is 7.82 Å². The minimum atomic E-state index is -3.79. The number of phosphoric ester groups is 1. The van der Waals surface area contributed by atoms with E-state index in [4.69, 9.17) is 32.1 Å². The maximum atomic E-state index is 13.0. The number of hydrogen-bond donors (Lipinski definition) is 5. The van der Waals surface area contributed by atoms with E-state index in [-0.39, 0.29) is 57.0 Å². The maximum absolute atomic E-state index is 13.0. The number of nitrogens with zero attached hydrogens (tertiary/aromatic N) is 1. The summed E-state index contributed by atoms with van der Waals surface area (Å²) in [5.74, 6) is -0.0813. The highest BCUT2D eigenvalue weighted by Gasteiger charge is 2.29. The number of rotatable bonds is 67. The number of carbonyl (C=O) groups is 2. The van der Waals surface area contributed by atoms with Crippen LogP contribution >= 0.6 is 16.3 Å². The fraction of sp³-hybridized carbons (Fsp3) is 0.917. The molecule has 0 bridgehead atoms. The molecule has 2 unspecified atom stereocenters. The number of ether oxygens (including phenoxy) is 2. The number of phosphoric acid groups is 1. The van der Waals surface area contributed by atoms with Crippen LogP contribution in [0.5, 0.6) is 0 Å². The Balaban J connectivity index is -0.00000138. The van der Waals surface area contributed by atoms with Crippen molar-refractivity contribution in [1.29, 1.82) is 0 Å². The molecule has 0 aromatic rings. The lowest BCUT2D eigenvalue weighted by Crippen LogP contribution is -2.41. The summed E-state index contributed by atoms with van der Waals surface area (Å²) < 4.78 is 54.5. The fourth-order valence-corrected chi connectivity index (χ4v) is 12.9. The van der Waals surface area contributed by atoms with Gasteiger partial charge in [0.25, 0.3) is 8.53 Å². The summed E-state index contributed by atoms with van der Waals surface area (Å²) in [5, 5.41) is 35.6. The van der Waals surface area contributed by atoms with Gasteiger partial charge in [-0.1, -0.05) is 246 Å². The van der Waals surface area contributed by atoms with Crippen molar-refractivity contribution >= 4 is 28.2 Å². The van der Waals surface area contributed by atoms with E-state index in [9.17, 15) is 29.5 Å². The summed E-state index contributed by atoms with van der Waals surface area (Å²) in [6.07, 6.45) is 47.2. The lowest BCUT2D eigenvalue weighted by Gasteiger charge is -2.35. The van der Waals surface area contributed by atoms with E-state index in [2.05, 4.69) is 90.8 Å². The lowest BCUT2D eigenvalue weighted by atomic mass is 10.1. The molecule has 538 valence electrons. The van der Waals surface area contributed by atoms with Crippen LogP contribution in [0, 0.1) is 0 Å². The average Bonchev–Trinajstić information content (AvgIpc) is 2.78. The molecule has 16 nitrogen and oxygen atoms in total. The Morgan fingerprint density at radius 2 is 0.811 bits per heavy atom. The second kappa shape index (κ2) is 71.9. The van der Waals surface area contributed by atoms with Crippen LogP contribution in [0.4, 0.5) is 0 Å². The van der Waals surface area contributed by atoms with E-state index in [1.165, 1.54) is 160 Å². The Hall–Kier alpha value is -1.36.